The Bertz CT molecular complexity index is 598. The van der Waals surface area contributed by atoms with Crippen molar-refractivity contribution in [3.8, 4) is 11.5 Å². The second-order valence-corrected chi connectivity index (χ2v) is 7.32. The van der Waals surface area contributed by atoms with Gasteiger partial charge in [0.05, 0.1) is 6.54 Å². The molecule has 1 aromatic rings. The number of ether oxygens (including phenoxy) is 2. The van der Waals surface area contributed by atoms with Crippen molar-refractivity contribution in [1.29, 1.82) is 0 Å². The van der Waals surface area contributed by atoms with E-state index < -0.39 is 0 Å². The van der Waals surface area contributed by atoms with E-state index in [9.17, 15) is 0 Å². The van der Waals surface area contributed by atoms with Crippen molar-refractivity contribution in [3.63, 3.8) is 0 Å². The van der Waals surface area contributed by atoms with E-state index >= 15 is 0 Å². The normalized spacial score (nSPS) is 21.6. The highest BCUT2D eigenvalue weighted by atomic mass is 16.7. The average molecular weight is 317 g/mol. The van der Waals surface area contributed by atoms with E-state index in [0.717, 1.165) is 24.6 Å². The van der Waals surface area contributed by atoms with E-state index in [1.165, 1.54) is 18.4 Å². The highest BCUT2D eigenvalue weighted by Crippen LogP contribution is 2.36. The van der Waals surface area contributed by atoms with Gasteiger partial charge >= 0.3 is 0 Å². The van der Waals surface area contributed by atoms with Gasteiger partial charge in [-0.25, -0.2) is 0 Å². The number of likely N-dealkylation sites (tertiary alicyclic amines) is 1. The van der Waals surface area contributed by atoms with Crippen LogP contribution < -0.4 is 15.2 Å². The molecule has 2 aliphatic heterocycles. The van der Waals surface area contributed by atoms with E-state index in [4.69, 9.17) is 15.2 Å². The number of nitrogens with zero attached hydrogens (tertiary/aromatic N) is 2. The van der Waals surface area contributed by atoms with E-state index in [-0.39, 0.29) is 5.41 Å². The number of rotatable bonds is 3. The zero-order chi connectivity index (χ0) is 16.4. The third-order valence-corrected chi connectivity index (χ3v) is 4.77. The number of guanidine groups is 1. The molecule has 0 aliphatic carbocycles. The van der Waals surface area contributed by atoms with Crippen molar-refractivity contribution in [3.05, 3.63) is 23.8 Å². The minimum Gasteiger partial charge on any atom is -0.454 e. The Morgan fingerprint density at radius 1 is 1.35 bits per heavy atom. The van der Waals surface area contributed by atoms with Crippen LogP contribution in [-0.4, -0.2) is 37.3 Å². The summed E-state index contributed by atoms with van der Waals surface area (Å²) in [6.07, 6.45) is 2.48. The molecule has 5 heteroatoms. The maximum atomic E-state index is 6.22. The van der Waals surface area contributed by atoms with Crippen LogP contribution in [0.25, 0.3) is 0 Å². The SMILES string of the molecule is CC1CCCN(C(N)=NCC(C)(C)c2ccc3c(c2)OCO3)C1. The number of aliphatic imine (C=N–C) groups is 1. The molecule has 0 aromatic heterocycles. The Hall–Kier alpha value is -1.91. The highest BCUT2D eigenvalue weighted by Gasteiger charge is 2.25. The Morgan fingerprint density at radius 2 is 2.13 bits per heavy atom. The molecule has 0 spiro atoms. The Labute approximate surface area is 138 Å². The second-order valence-electron chi connectivity index (χ2n) is 7.32. The summed E-state index contributed by atoms with van der Waals surface area (Å²) in [4.78, 5) is 6.88. The van der Waals surface area contributed by atoms with E-state index in [2.05, 4.69) is 42.8 Å². The van der Waals surface area contributed by atoms with Crippen LogP contribution in [0, 0.1) is 5.92 Å². The molecule has 0 radical (unpaired) electrons. The van der Waals surface area contributed by atoms with Crippen molar-refractivity contribution < 1.29 is 9.47 Å². The molecular formula is C18H27N3O2. The van der Waals surface area contributed by atoms with Gasteiger partial charge < -0.3 is 20.1 Å². The zero-order valence-electron chi connectivity index (χ0n) is 14.3. The zero-order valence-corrected chi connectivity index (χ0v) is 14.3. The first-order chi connectivity index (χ1) is 11.0. The molecule has 2 aliphatic rings. The highest BCUT2D eigenvalue weighted by molar-refractivity contribution is 5.78. The van der Waals surface area contributed by atoms with Crippen molar-refractivity contribution in [1.82, 2.24) is 4.90 Å². The van der Waals surface area contributed by atoms with Gasteiger partial charge in [-0.2, -0.15) is 0 Å². The standard InChI is InChI=1S/C18H27N3O2/c1-13-5-4-8-21(10-13)17(19)20-11-18(2,3)14-6-7-15-16(9-14)23-12-22-15/h6-7,9,13H,4-5,8,10-12H2,1-3H3,(H2,19,20). The minimum atomic E-state index is -0.104. The molecule has 0 saturated carbocycles. The second kappa shape index (κ2) is 6.30. The number of fused-ring (bicyclic) bond motifs is 1. The summed E-state index contributed by atoms with van der Waals surface area (Å²) < 4.78 is 10.9. The molecule has 1 aromatic carbocycles. The molecule has 5 nitrogen and oxygen atoms in total. The van der Waals surface area contributed by atoms with Crippen LogP contribution in [0.2, 0.25) is 0 Å². The molecule has 1 saturated heterocycles. The summed E-state index contributed by atoms with van der Waals surface area (Å²) in [5, 5.41) is 0. The third-order valence-electron chi connectivity index (χ3n) is 4.77. The molecule has 3 rings (SSSR count). The number of nitrogens with two attached hydrogens (primary N) is 1. The fourth-order valence-electron chi connectivity index (χ4n) is 3.18. The van der Waals surface area contributed by atoms with Gasteiger partial charge in [-0.1, -0.05) is 26.8 Å². The molecule has 1 fully saturated rings. The summed E-state index contributed by atoms with van der Waals surface area (Å²) in [5.41, 5.74) is 7.30. The van der Waals surface area contributed by atoms with Gasteiger partial charge in [0, 0.05) is 18.5 Å². The van der Waals surface area contributed by atoms with Gasteiger partial charge in [0.15, 0.2) is 17.5 Å². The molecule has 0 bridgehead atoms. The summed E-state index contributed by atoms with van der Waals surface area (Å²) in [6.45, 7) is 9.63. The van der Waals surface area contributed by atoms with Gasteiger partial charge in [-0.3, -0.25) is 4.99 Å². The molecule has 2 N–H and O–H groups in total. The minimum absolute atomic E-state index is 0.104. The molecule has 23 heavy (non-hydrogen) atoms. The number of benzene rings is 1. The summed E-state index contributed by atoms with van der Waals surface area (Å²) in [7, 11) is 0. The van der Waals surface area contributed by atoms with Crippen LogP contribution in [0.15, 0.2) is 23.2 Å². The average Bonchev–Trinajstić information content (AvgIpc) is 3.00. The number of hydrogen-bond donors (Lipinski definition) is 1. The molecule has 1 atom stereocenters. The van der Waals surface area contributed by atoms with Crippen molar-refractivity contribution in [2.24, 2.45) is 16.6 Å². The van der Waals surface area contributed by atoms with E-state index in [0.29, 0.717) is 25.2 Å². The molecule has 2 heterocycles. The van der Waals surface area contributed by atoms with Gasteiger partial charge in [0.2, 0.25) is 6.79 Å². The van der Waals surface area contributed by atoms with Crippen molar-refractivity contribution >= 4 is 5.96 Å². The largest absolute Gasteiger partial charge is 0.454 e. The lowest BCUT2D eigenvalue weighted by atomic mass is 9.84. The quantitative estimate of drug-likeness (QED) is 0.688. The maximum absolute atomic E-state index is 6.22. The summed E-state index contributed by atoms with van der Waals surface area (Å²) >= 11 is 0. The molecule has 0 amide bonds. The predicted octanol–water partition coefficient (Wildman–Crippen LogP) is 2.74. The van der Waals surface area contributed by atoms with E-state index in [1.54, 1.807) is 0 Å². The van der Waals surface area contributed by atoms with Crippen molar-refractivity contribution in [2.75, 3.05) is 26.4 Å². The van der Waals surface area contributed by atoms with Crippen LogP contribution in [-0.2, 0) is 5.41 Å². The maximum Gasteiger partial charge on any atom is 0.231 e. The summed E-state index contributed by atoms with van der Waals surface area (Å²) in [5.74, 6) is 3.00. The van der Waals surface area contributed by atoms with Gasteiger partial charge in [0.1, 0.15) is 0 Å². The van der Waals surface area contributed by atoms with Gasteiger partial charge in [0.25, 0.3) is 0 Å². The first-order valence-corrected chi connectivity index (χ1v) is 8.41. The Balaban J connectivity index is 1.69. The first-order valence-electron chi connectivity index (χ1n) is 8.41. The molecular weight excluding hydrogens is 290 g/mol. The number of piperidine rings is 1. The fourth-order valence-corrected chi connectivity index (χ4v) is 3.18. The fraction of sp³-hybridized carbons (Fsp3) is 0.611. The lowest BCUT2D eigenvalue weighted by molar-refractivity contribution is 0.174. The smallest absolute Gasteiger partial charge is 0.231 e. The predicted molar refractivity (Wildman–Crippen MR) is 92.1 cm³/mol. The van der Waals surface area contributed by atoms with Gasteiger partial charge in [-0.05, 0) is 36.5 Å². The lowest BCUT2D eigenvalue weighted by Gasteiger charge is -2.32. The Morgan fingerprint density at radius 3 is 2.91 bits per heavy atom. The van der Waals surface area contributed by atoms with Gasteiger partial charge in [-0.15, -0.1) is 0 Å². The number of hydrogen-bond acceptors (Lipinski definition) is 3. The van der Waals surface area contributed by atoms with Crippen LogP contribution in [0.4, 0.5) is 0 Å². The molecule has 126 valence electrons. The van der Waals surface area contributed by atoms with Crippen LogP contribution in [0.1, 0.15) is 39.2 Å². The van der Waals surface area contributed by atoms with Crippen LogP contribution in [0.5, 0.6) is 11.5 Å². The Kier molecular flexibility index (Phi) is 4.37. The summed E-state index contributed by atoms with van der Waals surface area (Å²) in [6, 6.07) is 6.11. The third kappa shape index (κ3) is 3.54. The topological polar surface area (TPSA) is 60.1 Å². The van der Waals surface area contributed by atoms with Crippen LogP contribution >= 0.6 is 0 Å². The van der Waals surface area contributed by atoms with E-state index in [1.807, 2.05) is 6.07 Å². The monoisotopic (exact) mass is 317 g/mol. The van der Waals surface area contributed by atoms with Crippen molar-refractivity contribution in [2.45, 2.75) is 39.0 Å². The first kappa shape index (κ1) is 16.0. The van der Waals surface area contributed by atoms with Crippen LogP contribution in [0.3, 0.4) is 0 Å². The lowest BCUT2D eigenvalue weighted by Crippen LogP contribution is -2.44. The molecule has 1 unspecified atom stereocenters.